The van der Waals surface area contributed by atoms with Crippen LogP contribution < -0.4 is 16.0 Å². The summed E-state index contributed by atoms with van der Waals surface area (Å²) in [5.74, 6) is -1.92. The summed E-state index contributed by atoms with van der Waals surface area (Å²) in [5.41, 5.74) is 4.43. The van der Waals surface area contributed by atoms with Gasteiger partial charge in [-0.25, -0.2) is 4.79 Å². The highest BCUT2D eigenvalue weighted by Crippen LogP contribution is 2.27. The lowest BCUT2D eigenvalue weighted by Crippen LogP contribution is -2.42. The molecular formula is C24H25ClN4O4. The number of urea groups is 1. The summed E-state index contributed by atoms with van der Waals surface area (Å²) in [6.45, 7) is 3.03. The maximum Gasteiger partial charge on any atom is 0.319 e. The number of nitrogens with one attached hydrogen (secondary N) is 3. The zero-order valence-electron chi connectivity index (χ0n) is 18.2. The molecule has 2 aromatic carbocycles. The van der Waals surface area contributed by atoms with Crippen molar-refractivity contribution in [3.8, 4) is 0 Å². The van der Waals surface area contributed by atoms with Gasteiger partial charge in [-0.2, -0.15) is 0 Å². The number of anilines is 1. The SMILES string of the molecule is Cc1ccc(NC(=O)NCc2ccc3c(c2)CN(C(=O)[C@H]2CCCC(=O)NC2=O)C3)cc1Cl. The number of imide groups is 1. The van der Waals surface area contributed by atoms with Crippen molar-refractivity contribution < 1.29 is 19.2 Å². The van der Waals surface area contributed by atoms with Crippen LogP contribution in [-0.2, 0) is 34.0 Å². The fourth-order valence-corrected chi connectivity index (χ4v) is 4.26. The number of carbonyl (C=O) groups is 4. The molecule has 0 unspecified atom stereocenters. The van der Waals surface area contributed by atoms with Crippen LogP contribution in [-0.4, -0.2) is 28.7 Å². The molecule has 0 saturated carbocycles. The van der Waals surface area contributed by atoms with E-state index in [0.717, 1.165) is 22.3 Å². The topological polar surface area (TPSA) is 108 Å². The Balaban J connectivity index is 1.34. The van der Waals surface area contributed by atoms with E-state index in [9.17, 15) is 19.2 Å². The maximum absolute atomic E-state index is 12.9. The van der Waals surface area contributed by atoms with Gasteiger partial charge in [-0.1, -0.05) is 35.9 Å². The lowest BCUT2D eigenvalue weighted by molar-refractivity contribution is -0.143. The van der Waals surface area contributed by atoms with Crippen LogP contribution >= 0.6 is 11.6 Å². The van der Waals surface area contributed by atoms with Crippen molar-refractivity contribution in [3.05, 3.63) is 63.7 Å². The van der Waals surface area contributed by atoms with Gasteiger partial charge in [0, 0.05) is 36.8 Å². The number of hydrogen-bond donors (Lipinski definition) is 3. The van der Waals surface area contributed by atoms with Gasteiger partial charge in [0.2, 0.25) is 17.7 Å². The highest BCUT2D eigenvalue weighted by molar-refractivity contribution is 6.31. The molecule has 1 saturated heterocycles. The van der Waals surface area contributed by atoms with E-state index in [4.69, 9.17) is 11.6 Å². The Morgan fingerprint density at radius 2 is 1.91 bits per heavy atom. The van der Waals surface area contributed by atoms with E-state index < -0.39 is 11.8 Å². The standard InChI is InChI=1S/C24H25ClN4O4/c1-14-5-8-18(10-20(14)25)27-24(33)26-11-15-6-7-16-12-29(13-17(16)9-15)23(32)19-3-2-4-21(30)28-22(19)31/h5-10,19H,2-4,11-13H2,1H3,(H2,26,27,33)(H,28,30,31)/t19-/m0/s1. The van der Waals surface area contributed by atoms with Crippen molar-refractivity contribution in [2.24, 2.45) is 5.92 Å². The molecule has 0 radical (unpaired) electrons. The Morgan fingerprint density at radius 1 is 1.12 bits per heavy atom. The van der Waals surface area contributed by atoms with Crippen molar-refractivity contribution >= 4 is 41.0 Å². The Hall–Kier alpha value is -3.39. The first-order valence-corrected chi connectivity index (χ1v) is 11.2. The number of benzene rings is 2. The Labute approximate surface area is 196 Å². The lowest BCUT2D eigenvalue weighted by Gasteiger charge is -2.20. The van der Waals surface area contributed by atoms with Crippen molar-refractivity contribution in [2.45, 2.75) is 45.8 Å². The minimum Gasteiger partial charge on any atom is -0.334 e. The number of carbonyl (C=O) groups excluding carboxylic acids is 4. The van der Waals surface area contributed by atoms with Gasteiger partial charge >= 0.3 is 6.03 Å². The fraction of sp³-hybridized carbons (Fsp3) is 0.333. The number of amides is 5. The fourth-order valence-electron chi connectivity index (χ4n) is 4.08. The summed E-state index contributed by atoms with van der Waals surface area (Å²) in [5, 5.41) is 8.45. The molecule has 4 rings (SSSR count). The Morgan fingerprint density at radius 3 is 2.70 bits per heavy atom. The molecule has 33 heavy (non-hydrogen) atoms. The van der Waals surface area contributed by atoms with Crippen LogP contribution in [0.25, 0.3) is 0 Å². The molecule has 5 amide bonds. The first-order chi connectivity index (χ1) is 15.8. The van der Waals surface area contributed by atoms with Crippen LogP contribution in [0.15, 0.2) is 36.4 Å². The first kappa shape index (κ1) is 22.8. The van der Waals surface area contributed by atoms with Crippen LogP contribution in [0, 0.1) is 12.8 Å². The molecule has 0 bridgehead atoms. The molecule has 8 nitrogen and oxygen atoms in total. The van der Waals surface area contributed by atoms with Gasteiger partial charge in [-0.05, 0) is 54.2 Å². The highest BCUT2D eigenvalue weighted by Gasteiger charge is 2.35. The number of rotatable bonds is 4. The Bertz CT molecular complexity index is 1130. The molecule has 3 N–H and O–H groups in total. The second kappa shape index (κ2) is 9.62. The summed E-state index contributed by atoms with van der Waals surface area (Å²) in [4.78, 5) is 50.6. The van der Waals surface area contributed by atoms with Crippen molar-refractivity contribution in [3.63, 3.8) is 0 Å². The highest BCUT2D eigenvalue weighted by atomic mass is 35.5. The molecule has 1 fully saturated rings. The van der Waals surface area contributed by atoms with Crippen molar-refractivity contribution in [1.29, 1.82) is 0 Å². The van der Waals surface area contributed by atoms with E-state index in [1.165, 1.54) is 0 Å². The minimum atomic E-state index is -0.828. The van der Waals surface area contributed by atoms with Gasteiger partial charge in [0.05, 0.1) is 0 Å². The van der Waals surface area contributed by atoms with Gasteiger partial charge < -0.3 is 15.5 Å². The summed E-state index contributed by atoms with van der Waals surface area (Å²) < 4.78 is 0. The van der Waals surface area contributed by atoms with E-state index >= 15 is 0 Å². The molecule has 0 aliphatic carbocycles. The van der Waals surface area contributed by atoms with Gasteiger partial charge in [0.1, 0.15) is 5.92 Å². The van der Waals surface area contributed by atoms with Gasteiger partial charge in [0.25, 0.3) is 0 Å². The summed E-state index contributed by atoms with van der Waals surface area (Å²) >= 11 is 6.09. The molecule has 172 valence electrons. The van der Waals surface area contributed by atoms with E-state index in [1.807, 2.05) is 31.2 Å². The van der Waals surface area contributed by atoms with Gasteiger partial charge in [0.15, 0.2) is 0 Å². The average Bonchev–Trinajstić information content (AvgIpc) is 3.12. The van der Waals surface area contributed by atoms with Gasteiger partial charge in [-0.15, -0.1) is 0 Å². The zero-order valence-corrected chi connectivity index (χ0v) is 19.0. The third-order valence-corrected chi connectivity index (χ3v) is 6.37. The number of hydrogen-bond acceptors (Lipinski definition) is 4. The molecule has 0 aromatic heterocycles. The number of nitrogens with zero attached hydrogens (tertiary/aromatic N) is 1. The van der Waals surface area contributed by atoms with E-state index in [0.29, 0.717) is 43.2 Å². The monoisotopic (exact) mass is 468 g/mol. The zero-order chi connectivity index (χ0) is 23.5. The second-order valence-electron chi connectivity index (χ2n) is 8.43. The molecule has 2 heterocycles. The predicted molar refractivity (Wildman–Crippen MR) is 123 cm³/mol. The molecule has 0 spiro atoms. The third-order valence-electron chi connectivity index (χ3n) is 5.96. The van der Waals surface area contributed by atoms with Crippen LogP contribution in [0.2, 0.25) is 5.02 Å². The molecule has 2 aliphatic heterocycles. The maximum atomic E-state index is 12.9. The Kier molecular flexibility index (Phi) is 6.65. The summed E-state index contributed by atoms with van der Waals surface area (Å²) in [7, 11) is 0. The molecular weight excluding hydrogens is 444 g/mol. The van der Waals surface area contributed by atoms with E-state index in [2.05, 4.69) is 16.0 Å². The van der Waals surface area contributed by atoms with Crippen molar-refractivity contribution in [1.82, 2.24) is 15.5 Å². The third kappa shape index (κ3) is 5.34. The van der Waals surface area contributed by atoms with Crippen LogP contribution in [0.4, 0.5) is 10.5 Å². The smallest absolute Gasteiger partial charge is 0.319 e. The molecule has 2 aromatic rings. The second-order valence-corrected chi connectivity index (χ2v) is 8.83. The van der Waals surface area contributed by atoms with Crippen LogP contribution in [0.1, 0.15) is 41.5 Å². The molecule has 9 heteroatoms. The van der Waals surface area contributed by atoms with E-state index in [-0.39, 0.29) is 24.3 Å². The lowest BCUT2D eigenvalue weighted by atomic mass is 10.0. The van der Waals surface area contributed by atoms with E-state index in [1.54, 1.807) is 17.0 Å². The van der Waals surface area contributed by atoms with Crippen molar-refractivity contribution in [2.75, 3.05) is 5.32 Å². The average molecular weight is 469 g/mol. The first-order valence-electron chi connectivity index (χ1n) is 10.8. The largest absolute Gasteiger partial charge is 0.334 e. The summed E-state index contributed by atoms with van der Waals surface area (Å²) in [6, 6.07) is 10.8. The predicted octanol–water partition coefficient (Wildman–Crippen LogP) is 3.26. The number of fused-ring (bicyclic) bond motifs is 1. The normalized spacial score (nSPS) is 17.8. The molecule has 1 atom stereocenters. The van der Waals surface area contributed by atoms with Crippen LogP contribution in [0.3, 0.4) is 0 Å². The molecule has 2 aliphatic rings. The summed E-state index contributed by atoms with van der Waals surface area (Å²) in [6.07, 6.45) is 1.15. The quantitative estimate of drug-likeness (QED) is 0.472. The number of aryl methyl sites for hydroxylation is 1. The number of halogens is 1. The van der Waals surface area contributed by atoms with Crippen LogP contribution in [0.5, 0.6) is 0 Å². The van der Waals surface area contributed by atoms with Gasteiger partial charge in [-0.3, -0.25) is 19.7 Å². The minimum absolute atomic E-state index is 0.255.